The first kappa shape index (κ1) is 9.45. The molecule has 0 heterocycles. The summed E-state index contributed by atoms with van der Waals surface area (Å²) < 4.78 is 12.7. The van der Waals surface area contributed by atoms with Crippen molar-refractivity contribution >= 4 is 11.6 Å². The van der Waals surface area contributed by atoms with Crippen LogP contribution in [0.25, 0.3) is 0 Å². The minimum Gasteiger partial charge on any atom is -0.312 e. The van der Waals surface area contributed by atoms with Gasteiger partial charge in [-0.3, -0.25) is 4.79 Å². The Balaban J connectivity index is 2.94. The molecule has 1 aromatic carbocycles. The van der Waals surface area contributed by atoms with Crippen LogP contribution in [0.1, 0.15) is 0 Å². The second-order valence-electron chi connectivity index (χ2n) is 2.58. The Kier molecular flexibility index (Phi) is 2.80. The fourth-order valence-corrected chi connectivity index (χ4v) is 0.949. The van der Waals surface area contributed by atoms with E-state index in [4.69, 9.17) is 0 Å². The minimum absolute atomic E-state index is 0.259. The van der Waals surface area contributed by atoms with Crippen molar-refractivity contribution in [1.82, 2.24) is 0 Å². The number of carbonyl (C=O) groups excluding carboxylic acids is 1. The fraction of sp³-hybridized carbons (Fsp3) is 0.100. The number of amides is 1. The first-order valence-electron chi connectivity index (χ1n) is 3.81. The monoisotopic (exact) mass is 179 g/mol. The number of halogens is 1. The lowest BCUT2D eigenvalue weighted by Crippen LogP contribution is -2.23. The number of likely N-dealkylation sites (N-methyl/N-ethyl adjacent to an activating group) is 1. The molecule has 1 aromatic rings. The van der Waals surface area contributed by atoms with Crippen molar-refractivity contribution in [2.24, 2.45) is 0 Å². The smallest absolute Gasteiger partial charge is 0.250 e. The van der Waals surface area contributed by atoms with Crippen LogP contribution < -0.4 is 4.90 Å². The number of anilines is 1. The highest BCUT2D eigenvalue weighted by atomic mass is 19.1. The summed E-state index contributed by atoms with van der Waals surface area (Å²) in [6, 6.07) is 5.83. The van der Waals surface area contributed by atoms with Gasteiger partial charge in [0.15, 0.2) is 0 Å². The maximum Gasteiger partial charge on any atom is 0.250 e. The SMILES string of the molecule is C=CC(=O)N(C)c1cccc(F)c1. The van der Waals surface area contributed by atoms with Crippen LogP contribution in [-0.2, 0) is 4.79 Å². The molecule has 3 heteroatoms. The third-order valence-corrected chi connectivity index (χ3v) is 1.70. The van der Waals surface area contributed by atoms with Crippen LogP contribution in [0.5, 0.6) is 0 Å². The predicted octanol–water partition coefficient (Wildman–Crippen LogP) is 1.97. The molecule has 0 saturated heterocycles. The standard InChI is InChI=1S/C10H10FNO/c1-3-10(13)12(2)9-6-4-5-8(11)7-9/h3-7H,1H2,2H3. The zero-order valence-corrected chi connectivity index (χ0v) is 7.33. The van der Waals surface area contributed by atoms with Gasteiger partial charge < -0.3 is 4.90 Å². The molecule has 0 aliphatic heterocycles. The summed E-state index contributed by atoms with van der Waals surface area (Å²) in [7, 11) is 1.57. The number of hydrogen-bond donors (Lipinski definition) is 0. The summed E-state index contributed by atoms with van der Waals surface area (Å²) >= 11 is 0. The van der Waals surface area contributed by atoms with Crippen LogP contribution in [-0.4, -0.2) is 13.0 Å². The lowest BCUT2D eigenvalue weighted by Gasteiger charge is -2.14. The van der Waals surface area contributed by atoms with Crippen molar-refractivity contribution in [2.75, 3.05) is 11.9 Å². The highest BCUT2D eigenvalue weighted by Gasteiger charge is 2.06. The summed E-state index contributed by atoms with van der Waals surface area (Å²) in [5.74, 6) is -0.619. The molecule has 1 rings (SSSR count). The third kappa shape index (κ3) is 2.15. The number of benzene rings is 1. The summed E-state index contributed by atoms with van der Waals surface area (Å²) in [6.07, 6.45) is 1.19. The van der Waals surface area contributed by atoms with E-state index in [1.807, 2.05) is 0 Å². The lowest BCUT2D eigenvalue weighted by atomic mass is 10.3. The molecule has 68 valence electrons. The normalized spacial score (nSPS) is 9.38. The molecular formula is C10H10FNO. The molecule has 13 heavy (non-hydrogen) atoms. The summed E-state index contributed by atoms with van der Waals surface area (Å²) in [5, 5.41) is 0. The van der Waals surface area contributed by atoms with Gasteiger partial charge in [0.25, 0.3) is 0 Å². The fourth-order valence-electron chi connectivity index (χ4n) is 0.949. The lowest BCUT2D eigenvalue weighted by molar-refractivity contribution is -0.113. The molecular weight excluding hydrogens is 169 g/mol. The number of hydrogen-bond acceptors (Lipinski definition) is 1. The van der Waals surface area contributed by atoms with Gasteiger partial charge in [0.2, 0.25) is 5.91 Å². The topological polar surface area (TPSA) is 20.3 Å². The Morgan fingerprint density at radius 2 is 2.31 bits per heavy atom. The molecule has 0 saturated carbocycles. The Morgan fingerprint density at radius 1 is 1.62 bits per heavy atom. The Labute approximate surface area is 76.3 Å². The molecule has 0 aromatic heterocycles. The van der Waals surface area contributed by atoms with Crippen molar-refractivity contribution < 1.29 is 9.18 Å². The van der Waals surface area contributed by atoms with Gasteiger partial charge in [0, 0.05) is 12.7 Å². The average Bonchev–Trinajstić information content (AvgIpc) is 2.15. The molecule has 0 radical (unpaired) electrons. The van der Waals surface area contributed by atoms with Gasteiger partial charge in [-0.1, -0.05) is 12.6 Å². The maximum absolute atomic E-state index is 12.7. The first-order chi connectivity index (χ1) is 6.15. The third-order valence-electron chi connectivity index (χ3n) is 1.70. The van der Waals surface area contributed by atoms with E-state index in [9.17, 15) is 9.18 Å². The van der Waals surface area contributed by atoms with Crippen molar-refractivity contribution in [3.05, 3.63) is 42.7 Å². The van der Waals surface area contributed by atoms with E-state index >= 15 is 0 Å². The Hall–Kier alpha value is -1.64. The second-order valence-corrected chi connectivity index (χ2v) is 2.58. The summed E-state index contributed by atoms with van der Waals surface area (Å²) in [6.45, 7) is 3.34. The molecule has 0 spiro atoms. The summed E-state index contributed by atoms with van der Waals surface area (Å²) in [5.41, 5.74) is 0.518. The van der Waals surface area contributed by atoms with Crippen molar-refractivity contribution in [2.45, 2.75) is 0 Å². The van der Waals surface area contributed by atoms with Gasteiger partial charge in [-0.05, 0) is 24.3 Å². The number of rotatable bonds is 2. The zero-order valence-electron chi connectivity index (χ0n) is 7.33. The van der Waals surface area contributed by atoms with E-state index in [0.717, 1.165) is 0 Å². The Bertz CT molecular complexity index is 335. The molecule has 2 nitrogen and oxygen atoms in total. The van der Waals surface area contributed by atoms with Gasteiger partial charge in [-0.2, -0.15) is 0 Å². The molecule has 0 atom stereocenters. The van der Waals surface area contributed by atoms with Crippen molar-refractivity contribution in [3.8, 4) is 0 Å². The molecule has 0 aliphatic carbocycles. The van der Waals surface area contributed by atoms with Crippen LogP contribution in [0.15, 0.2) is 36.9 Å². The maximum atomic E-state index is 12.7. The molecule has 0 aliphatic rings. The van der Waals surface area contributed by atoms with Crippen molar-refractivity contribution in [3.63, 3.8) is 0 Å². The van der Waals surface area contributed by atoms with E-state index < -0.39 is 0 Å². The van der Waals surface area contributed by atoms with Gasteiger partial charge >= 0.3 is 0 Å². The van der Waals surface area contributed by atoms with Crippen LogP contribution in [0, 0.1) is 5.82 Å². The van der Waals surface area contributed by atoms with Crippen molar-refractivity contribution in [1.29, 1.82) is 0 Å². The van der Waals surface area contributed by atoms with Crippen LogP contribution in [0.3, 0.4) is 0 Å². The van der Waals surface area contributed by atoms with Gasteiger partial charge in [-0.15, -0.1) is 0 Å². The van der Waals surface area contributed by atoms with Crippen LogP contribution in [0.2, 0.25) is 0 Å². The van der Waals surface area contributed by atoms with E-state index in [1.165, 1.54) is 23.1 Å². The highest BCUT2D eigenvalue weighted by Crippen LogP contribution is 2.13. The van der Waals surface area contributed by atoms with E-state index in [0.29, 0.717) is 5.69 Å². The molecule has 1 amide bonds. The van der Waals surface area contributed by atoms with Gasteiger partial charge in [0.1, 0.15) is 5.82 Å². The molecule has 0 unspecified atom stereocenters. The first-order valence-corrected chi connectivity index (χ1v) is 3.81. The quantitative estimate of drug-likeness (QED) is 0.635. The van der Waals surface area contributed by atoms with Crippen LogP contribution >= 0.6 is 0 Å². The minimum atomic E-state index is -0.360. The summed E-state index contributed by atoms with van der Waals surface area (Å²) in [4.78, 5) is 12.4. The molecule has 0 N–H and O–H groups in total. The highest BCUT2D eigenvalue weighted by molar-refractivity contribution is 6.00. The average molecular weight is 179 g/mol. The molecule has 0 fully saturated rings. The second kappa shape index (κ2) is 3.85. The van der Waals surface area contributed by atoms with Gasteiger partial charge in [0.05, 0.1) is 0 Å². The Morgan fingerprint density at radius 3 is 2.85 bits per heavy atom. The van der Waals surface area contributed by atoms with E-state index in [1.54, 1.807) is 19.2 Å². The van der Waals surface area contributed by atoms with Crippen LogP contribution in [0.4, 0.5) is 10.1 Å². The predicted molar refractivity (Wildman–Crippen MR) is 50.0 cm³/mol. The van der Waals surface area contributed by atoms with Gasteiger partial charge in [-0.25, -0.2) is 4.39 Å². The van der Waals surface area contributed by atoms with E-state index in [-0.39, 0.29) is 11.7 Å². The largest absolute Gasteiger partial charge is 0.312 e. The number of nitrogens with zero attached hydrogens (tertiary/aromatic N) is 1. The molecule has 0 bridgehead atoms. The van der Waals surface area contributed by atoms with E-state index in [2.05, 4.69) is 6.58 Å². The zero-order chi connectivity index (χ0) is 9.84. The number of carbonyl (C=O) groups is 1.